The van der Waals surface area contributed by atoms with Crippen LogP contribution in [0.25, 0.3) is 0 Å². The van der Waals surface area contributed by atoms with Gasteiger partial charge in [0.25, 0.3) is 0 Å². The van der Waals surface area contributed by atoms with Crippen LogP contribution in [0.3, 0.4) is 0 Å². The van der Waals surface area contributed by atoms with Crippen LogP contribution in [0.2, 0.25) is 0 Å². The molecule has 20 heavy (non-hydrogen) atoms. The highest BCUT2D eigenvalue weighted by atomic mass is 16.5. The van der Waals surface area contributed by atoms with Crippen LogP contribution in [-0.4, -0.2) is 36.6 Å². The molecule has 0 saturated carbocycles. The third-order valence-electron chi connectivity index (χ3n) is 3.99. The first kappa shape index (κ1) is 15.3. The van der Waals surface area contributed by atoms with E-state index in [9.17, 15) is 0 Å². The monoisotopic (exact) mass is 281 g/mol. The topological polar surface area (TPSA) is 48.3 Å². The smallest absolute Gasteiger partial charge is 0.161 e. The van der Waals surface area contributed by atoms with Crippen molar-refractivity contribution in [3.8, 4) is 5.75 Å². The Morgan fingerprint density at radius 1 is 1.55 bits per heavy atom. The maximum absolute atomic E-state index is 5.72. The molecule has 0 amide bonds. The molecule has 0 radical (unpaired) electrons. The third-order valence-corrected chi connectivity index (χ3v) is 3.99. The molecule has 1 aromatic heterocycles. The predicted molar refractivity (Wildman–Crippen MR) is 79.2 cm³/mol. The molecule has 5 nitrogen and oxygen atoms in total. The number of aromatic nitrogens is 2. The fourth-order valence-electron chi connectivity index (χ4n) is 2.90. The van der Waals surface area contributed by atoms with E-state index in [1.165, 1.54) is 12.8 Å². The molecule has 1 N–H and O–H groups in total. The summed E-state index contributed by atoms with van der Waals surface area (Å²) in [6, 6.07) is 0.575. The van der Waals surface area contributed by atoms with Crippen molar-refractivity contribution >= 4 is 0 Å². The Hall–Kier alpha value is -1.07. The maximum atomic E-state index is 5.72. The lowest BCUT2D eigenvalue weighted by Gasteiger charge is -2.22. The van der Waals surface area contributed by atoms with E-state index < -0.39 is 0 Å². The molecule has 1 saturated heterocycles. The van der Waals surface area contributed by atoms with Crippen molar-refractivity contribution in [1.82, 2.24) is 15.1 Å². The van der Waals surface area contributed by atoms with Gasteiger partial charge in [-0.15, -0.1) is 0 Å². The van der Waals surface area contributed by atoms with Crippen molar-refractivity contribution in [3.05, 3.63) is 11.9 Å². The van der Waals surface area contributed by atoms with E-state index in [0.717, 1.165) is 30.9 Å². The van der Waals surface area contributed by atoms with Crippen LogP contribution in [0.5, 0.6) is 5.75 Å². The summed E-state index contributed by atoms with van der Waals surface area (Å²) < 4.78 is 13.2. The Kier molecular flexibility index (Phi) is 5.43. The van der Waals surface area contributed by atoms with Crippen molar-refractivity contribution in [3.63, 3.8) is 0 Å². The average Bonchev–Trinajstić information content (AvgIpc) is 3.08. The third kappa shape index (κ3) is 3.33. The van der Waals surface area contributed by atoms with Gasteiger partial charge >= 0.3 is 0 Å². The number of ether oxygens (including phenoxy) is 2. The fourth-order valence-corrected chi connectivity index (χ4v) is 2.90. The first-order chi connectivity index (χ1) is 9.67. The van der Waals surface area contributed by atoms with E-state index in [2.05, 4.69) is 28.9 Å². The number of methoxy groups -OCH3 is 1. The van der Waals surface area contributed by atoms with Gasteiger partial charge in [0.2, 0.25) is 0 Å². The largest absolute Gasteiger partial charge is 0.493 e. The van der Waals surface area contributed by atoms with Gasteiger partial charge < -0.3 is 14.8 Å². The van der Waals surface area contributed by atoms with E-state index in [-0.39, 0.29) is 6.04 Å². The lowest BCUT2D eigenvalue weighted by atomic mass is 10.0. The lowest BCUT2D eigenvalue weighted by Crippen LogP contribution is -2.23. The molecular weight excluding hydrogens is 254 g/mol. The zero-order chi connectivity index (χ0) is 14.5. The normalized spacial score (nSPS) is 20.6. The molecule has 2 atom stereocenters. The van der Waals surface area contributed by atoms with Gasteiger partial charge in [-0.05, 0) is 46.6 Å². The molecule has 0 spiro atoms. The van der Waals surface area contributed by atoms with Crippen LogP contribution in [0.15, 0.2) is 6.20 Å². The summed E-state index contributed by atoms with van der Waals surface area (Å²) in [4.78, 5) is 0. The van der Waals surface area contributed by atoms with Gasteiger partial charge in [-0.1, -0.05) is 0 Å². The van der Waals surface area contributed by atoms with Crippen molar-refractivity contribution in [2.75, 3.05) is 20.8 Å². The highest BCUT2D eigenvalue weighted by Gasteiger charge is 2.24. The zero-order valence-electron chi connectivity index (χ0n) is 13.1. The minimum Gasteiger partial charge on any atom is -0.493 e. The molecule has 2 unspecified atom stereocenters. The van der Waals surface area contributed by atoms with Crippen molar-refractivity contribution in [2.24, 2.45) is 0 Å². The zero-order valence-corrected chi connectivity index (χ0v) is 13.1. The summed E-state index contributed by atoms with van der Waals surface area (Å²) in [6.45, 7) is 5.20. The molecule has 0 aliphatic carbocycles. The van der Waals surface area contributed by atoms with Gasteiger partial charge in [0, 0.05) is 12.6 Å². The number of hydrogen-bond acceptors (Lipinski definition) is 4. The molecular formula is C15H27N3O2. The van der Waals surface area contributed by atoms with E-state index in [1.807, 2.05) is 13.2 Å². The number of nitrogens with zero attached hydrogens (tertiary/aromatic N) is 2. The fraction of sp³-hybridized carbons (Fsp3) is 0.800. The highest BCUT2D eigenvalue weighted by Crippen LogP contribution is 2.31. The van der Waals surface area contributed by atoms with Crippen LogP contribution in [0.1, 0.15) is 57.3 Å². The van der Waals surface area contributed by atoms with Gasteiger partial charge in [0.05, 0.1) is 31.1 Å². The lowest BCUT2D eigenvalue weighted by molar-refractivity contribution is 0.0994. The molecule has 1 aromatic rings. The van der Waals surface area contributed by atoms with Crippen molar-refractivity contribution in [2.45, 2.75) is 57.7 Å². The predicted octanol–water partition coefficient (Wildman–Crippen LogP) is 2.69. The Morgan fingerprint density at radius 3 is 2.90 bits per heavy atom. The number of rotatable bonds is 7. The van der Waals surface area contributed by atoms with E-state index in [1.54, 1.807) is 7.11 Å². The standard InChI is InChI=1S/C15H27N3O2/c1-11(2)18-15(14(19-4)10-17-18)13(16-3)8-7-12-6-5-9-20-12/h10-13,16H,5-9H2,1-4H3. The Balaban J connectivity index is 2.10. The average molecular weight is 281 g/mol. The Bertz CT molecular complexity index is 411. The second-order valence-corrected chi connectivity index (χ2v) is 5.69. The SMILES string of the molecule is CNC(CCC1CCCO1)c1c(OC)cnn1C(C)C. The summed E-state index contributed by atoms with van der Waals surface area (Å²) in [5.74, 6) is 0.866. The highest BCUT2D eigenvalue weighted by molar-refractivity contribution is 5.28. The van der Waals surface area contributed by atoms with E-state index in [4.69, 9.17) is 9.47 Å². The molecule has 2 rings (SSSR count). The molecule has 5 heteroatoms. The molecule has 1 aliphatic rings. The second-order valence-electron chi connectivity index (χ2n) is 5.69. The molecule has 1 fully saturated rings. The number of hydrogen-bond donors (Lipinski definition) is 1. The molecule has 1 aliphatic heterocycles. The first-order valence-corrected chi connectivity index (χ1v) is 7.57. The van der Waals surface area contributed by atoms with Crippen molar-refractivity contribution in [1.29, 1.82) is 0 Å². The van der Waals surface area contributed by atoms with Crippen LogP contribution in [0.4, 0.5) is 0 Å². The Labute approximate surface area is 121 Å². The van der Waals surface area contributed by atoms with Crippen LogP contribution in [0, 0.1) is 0 Å². The molecule has 114 valence electrons. The van der Waals surface area contributed by atoms with Gasteiger partial charge in [0.1, 0.15) is 0 Å². The minimum atomic E-state index is 0.249. The van der Waals surface area contributed by atoms with Crippen LogP contribution in [-0.2, 0) is 4.74 Å². The van der Waals surface area contributed by atoms with E-state index in [0.29, 0.717) is 12.1 Å². The molecule has 0 bridgehead atoms. The minimum absolute atomic E-state index is 0.249. The van der Waals surface area contributed by atoms with Gasteiger partial charge in [-0.25, -0.2) is 0 Å². The molecule has 0 aromatic carbocycles. The quantitative estimate of drug-likeness (QED) is 0.835. The summed E-state index contributed by atoms with van der Waals surface area (Å²) in [7, 11) is 3.70. The maximum Gasteiger partial charge on any atom is 0.161 e. The van der Waals surface area contributed by atoms with Crippen LogP contribution < -0.4 is 10.1 Å². The summed E-state index contributed by atoms with van der Waals surface area (Å²) in [5.41, 5.74) is 1.14. The number of nitrogens with one attached hydrogen (secondary N) is 1. The van der Waals surface area contributed by atoms with E-state index >= 15 is 0 Å². The van der Waals surface area contributed by atoms with Crippen LogP contribution >= 0.6 is 0 Å². The second kappa shape index (κ2) is 7.09. The summed E-state index contributed by atoms with van der Waals surface area (Å²) >= 11 is 0. The summed E-state index contributed by atoms with van der Waals surface area (Å²) in [5, 5.41) is 7.86. The van der Waals surface area contributed by atoms with Gasteiger partial charge in [0.15, 0.2) is 5.75 Å². The van der Waals surface area contributed by atoms with Crippen molar-refractivity contribution < 1.29 is 9.47 Å². The Morgan fingerprint density at radius 2 is 2.35 bits per heavy atom. The first-order valence-electron chi connectivity index (χ1n) is 7.57. The van der Waals surface area contributed by atoms with Gasteiger partial charge in [-0.2, -0.15) is 5.10 Å². The van der Waals surface area contributed by atoms with Gasteiger partial charge in [-0.3, -0.25) is 4.68 Å². The summed E-state index contributed by atoms with van der Waals surface area (Å²) in [6.07, 6.45) is 6.74. The molecule has 2 heterocycles.